The molecular weight excluding hydrogens is 613 g/mol. The van der Waals surface area contributed by atoms with Crippen LogP contribution in [0, 0.1) is 21.7 Å². The van der Waals surface area contributed by atoms with Gasteiger partial charge in [0.2, 0.25) is 0 Å². The third kappa shape index (κ3) is 88.9. The molecule has 0 aromatic rings. The zero-order valence-electron chi connectivity index (χ0n) is 37.6. The lowest BCUT2D eigenvalue weighted by Crippen LogP contribution is -2.09. The fraction of sp³-hybridized carbons (Fsp3) is 1.00. The minimum Gasteiger partial charge on any atom is -0.0776 e. The van der Waals surface area contributed by atoms with E-state index in [0.717, 1.165) is 0 Å². The molecule has 0 aromatic carbocycles. The van der Waals surface area contributed by atoms with Crippen molar-refractivity contribution < 1.29 is 0 Å². The highest BCUT2D eigenvalue weighted by molar-refractivity contribution is 4.68. The van der Waals surface area contributed by atoms with Gasteiger partial charge >= 0.3 is 0 Å². The van der Waals surface area contributed by atoms with E-state index in [0.29, 0.717) is 21.7 Å². The minimum absolute atomic E-state index is 0. The van der Waals surface area contributed by atoms with Crippen molar-refractivity contribution in [1.29, 1.82) is 0 Å². The van der Waals surface area contributed by atoms with Crippen LogP contribution in [0.5, 0.6) is 0 Å². The van der Waals surface area contributed by atoms with Crippen molar-refractivity contribution in [3.05, 3.63) is 0 Å². The molecule has 0 saturated heterocycles. The summed E-state index contributed by atoms with van der Waals surface area (Å²) in [4.78, 5) is 0. The lowest BCUT2D eigenvalue weighted by Gasteiger charge is -2.22. The first-order valence-corrected chi connectivity index (χ1v) is 21.3. The maximum absolute atomic E-state index is 2.36. The highest BCUT2D eigenvalue weighted by Gasteiger charge is 2.15. The molecule has 51 heavy (non-hydrogen) atoms. The first-order chi connectivity index (χ1) is 21.3. The molecule has 0 radical (unpaired) electrons. The monoisotopic (exact) mass is 737 g/mol. The lowest BCUT2D eigenvalue weighted by molar-refractivity contribution is 0.301. The van der Waals surface area contributed by atoms with E-state index in [9.17, 15) is 0 Å². The summed E-state index contributed by atoms with van der Waals surface area (Å²) in [6.45, 7) is 45.8. The molecule has 0 atom stereocenters. The van der Waals surface area contributed by atoms with Gasteiger partial charge in [0.25, 0.3) is 0 Å². The fourth-order valence-corrected chi connectivity index (χ4v) is 6.62. The Bertz CT molecular complexity index is 370. The third-order valence-electron chi connectivity index (χ3n) is 8.83. The van der Waals surface area contributed by atoms with Crippen molar-refractivity contribution in [2.24, 2.45) is 21.7 Å². The molecule has 0 N–H and O–H groups in total. The average molecular weight is 738 g/mol. The molecular formula is C51H124. The molecule has 0 amide bonds. The molecule has 0 fully saturated rings. The zero-order chi connectivity index (χ0) is 37.6. The molecule has 0 unspecified atom stereocenters. The van der Waals surface area contributed by atoms with E-state index in [1.807, 2.05) is 0 Å². The molecule has 0 bridgehead atoms. The summed E-state index contributed by atoms with van der Waals surface area (Å²) in [5, 5.41) is 0. The summed E-state index contributed by atoms with van der Waals surface area (Å²) < 4.78 is 0. The van der Waals surface area contributed by atoms with Crippen LogP contribution in [0.25, 0.3) is 0 Å². The van der Waals surface area contributed by atoms with Gasteiger partial charge in [0, 0.05) is 0 Å². The van der Waals surface area contributed by atoms with E-state index >= 15 is 0 Å². The SMILES string of the molecule is C.C.C.C.C.CCCC(C)(C)CCC.CCCC(C)(C)CCC.CCCC(C)(C)CCC.CCCC(C)(C)CCC.CCCCC.CCCCC. The number of hydrogen-bond donors (Lipinski definition) is 0. The van der Waals surface area contributed by atoms with Gasteiger partial charge < -0.3 is 0 Å². The Balaban J connectivity index is -0.0000000416. The fourth-order valence-electron chi connectivity index (χ4n) is 6.62. The summed E-state index contributed by atoms with van der Waals surface area (Å²) in [5.41, 5.74) is 2.40. The van der Waals surface area contributed by atoms with Gasteiger partial charge in [0.1, 0.15) is 0 Å². The zero-order valence-corrected chi connectivity index (χ0v) is 37.6. The highest BCUT2D eigenvalue weighted by Crippen LogP contribution is 2.29. The standard InChI is InChI=1S/4C9H20.2C5H12.5CH4/c4*1-5-7-9(3,4)8-6-2;2*1-3-5-4-2;;;;;/h4*5-8H2,1-4H3;2*3-5H2,1-2H3;5*1H4. The van der Waals surface area contributed by atoms with Gasteiger partial charge in [-0.25, -0.2) is 0 Å². The van der Waals surface area contributed by atoms with Gasteiger partial charge in [-0.05, 0) is 73.0 Å². The predicted octanol–water partition coefficient (Wildman–Crippen LogP) is 22.0. The number of rotatable bonds is 20. The van der Waals surface area contributed by atoms with Crippen LogP contribution < -0.4 is 0 Å². The second-order valence-electron chi connectivity index (χ2n) is 17.4. The minimum atomic E-state index is 0. The van der Waals surface area contributed by atoms with Crippen molar-refractivity contribution >= 4 is 0 Å². The summed E-state index contributed by atoms with van der Waals surface area (Å²) in [7, 11) is 0. The Labute approximate surface area is 337 Å². The molecule has 0 spiro atoms. The Morgan fingerprint density at radius 3 is 0.333 bits per heavy atom. The quantitative estimate of drug-likeness (QED) is 0.117. The normalized spacial score (nSPS) is 10.1. The van der Waals surface area contributed by atoms with E-state index in [1.165, 1.54) is 141 Å². The predicted molar refractivity (Wildman–Crippen MR) is 258 cm³/mol. The molecule has 0 rings (SSSR count). The maximum Gasteiger partial charge on any atom is -0.0354 e. The number of hydrogen-bond acceptors (Lipinski definition) is 0. The van der Waals surface area contributed by atoms with E-state index in [2.05, 4.69) is 138 Å². The van der Waals surface area contributed by atoms with Crippen molar-refractivity contribution in [1.82, 2.24) is 0 Å². The van der Waals surface area contributed by atoms with Gasteiger partial charge in [0.15, 0.2) is 0 Å². The molecule has 0 saturated carbocycles. The molecule has 0 aliphatic carbocycles. The van der Waals surface area contributed by atoms with Crippen LogP contribution >= 0.6 is 0 Å². The summed E-state index contributed by atoms with van der Waals surface area (Å²) in [5.74, 6) is 0. The van der Waals surface area contributed by atoms with Crippen LogP contribution in [0.15, 0.2) is 0 Å². The van der Waals surface area contributed by atoms with Gasteiger partial charge in [-0.3, -0.25) is 0 Å². The largest absolute Gasteiger partial charge is 0.0776 e. The van der Waals surface area contributed by atoms with Gasteiger partial charge in [0.05, 0.1) is 0 Å². The third-order valence-corrected chi connectivity index (χ3v) is 8.83. The molecule has 0 nitrogen and oxygen atoms in total. The smallest absolute Gasteiger partial charge is 0.0354 e. The first kappa shape index (κ1) is 79.7. The number of unbranched alkanes of at least 4 members (excludes halogenated alkanes) is 4. The second kappa shape index (κ2) is 56.7. The Kier molecular flexibility index (Phi) is 88.6. The Hall–Kier alpha value is 0. The lowest BCUT2D eigenvalue weighted by atomic mass is 9.84. The van der Waals surface area contributed by atoms with Crippen LogP contribution in [0.2, 0.25) is 0 Å². The molecule has 0 aliphatic rings. The van der Waals surface area contributed by atoms with Gasteiger partial charge in [-0.15, -0.1) is 0 Å². The molecule has 0 heteroatoms. The van der Waals surface area contributed by atoms with Crippen molar-refractivity contribution in [2.75, 3.05) is 0 Å². The molecule has 328 valence electrons. The van der Waals surface area contributed by atoms with E-state index < -0.39 is 0 Å². The first-order valence-electron chi connectivity index (χ1n) is 21.3. The van der Waals surface area contributed by atoms with Crippen LogP contribution in [0.3, 0.4) is 0 Å². The van der Waals surface area contributed by atoms with Gasteiger partial charge in [-0.1, -0.05) is 265 Å². The van der Waals surface area contributed by atoms with Crippen LogP contribution in [0.1, 0.15) is 317 Å². The van der Waals surface area contributed by atoms with Crippen LogP contribution in [-0.2, 0) is 0 Å². The van der Waals surface area contributed by atoms with E-state index in [4.69, 9.17) is 0 Å². The Morgan fingerprint density at radius 1 is 0.196 bits per heavy atom. The molecule has 0 heterocycles. The summed E-state index contributed by atoms with van der Waals surface area (Å²) in [6, 6.07) is 0. The van der Waals surface area contributed by atoms with Gasteiger partial charge in [-0.2, -0.15) is 0 Å². The topological polar surface area (TPSA) is 0 Å². The molecule has 0 aliphatic heterocycles. The Morgan fingerprint density at radius 2 is 0.294 bits per heavy atom. The second-order valence-corrected chi connectivity index (χ2v) is 17.4. The molecule has 0 aromatic heterocycles. The van der Waals surface area contributed by atoms with Crippen molar-refractivity contribution in [2.45, 2.75) is 317 Å². The average Bonchev–Trinajstić information content (AvgIpc) is 2.91. The summed E-state index contributed by atoms with van der Waals surface area (Å²) >= 11 is 0. The van der Waals surface area contributed by atoms with Crippen molar-refractivity contribution in [3.63, 3.8) is 0 Å². The van der Waals surface area contributed by atoms with Crippen LogP contribution in [-0.4, -0.2) is 0 Å². The van der Waals surface area contributed by atoms with E-state index in [-0.39, 0.29) is 37.1 Å². The highest BCUT2D eigenvalue weighted by atomic mass is 14.2. The van der Waals surface area contributed by atoms with E-state index in [1.54, 1.807) is 0 Å². The maximum atomic E-state index is 2.36. The van der Waals surface area contributed by atoms with Crippen molar-refractivity contribution in [3.8, 4) is 0 Å². The van der Waals surface area contributed by atoms with Crippen LogP contribution in [0.4, 0.5) is 0 Å². The summed E-state index contributed by atoms with van der Waals surface area (Å²) in [6.07, 6.45) is 29.8.